The van der Waals surface area contributed by atoms with Crippen LogP contribution < -0.4 is 4.72 Å². The number of aromatic nitrogens is 2. The third kappa shape index (κ3) is 4.67. The summed E-state index contributed by atoms with van der Waals surface area (Å²) in [6, 6.07) is 7.39. The lowest BCUT2D eigenvalue weighted by Crippen LogP contribution is -2.36. The molecule has 0 saturated heterocycles. The molecule has 1 aliphatic heterocycles. The molecule has 1 aliphatic carbocycles. The number of hydrogen-bond donors (Lipinski definition) is 1. The van der Waals surface area contributed by atoms with Crippen molar-refractivity contribution >= 4 is 26.7 Å². The van der Waals surface area contributed by atoms with Gasteiger partial charge in [0.15, 0.2) is 0 Å². The van der Waals surface area contributed by atoms with Gasteiger partial charge in [0.2, 0.25) is 15.9 Å². The van der Waals surface area contributed by atoms with Gasteiger partial charge in [0.05, 0.1) is 11.3 Å². The second-order valence-corrected chi connectivity index (χ2v) is 11.5. The fourth-order valence-corrected chi connectivity index (χ4v) is 6.02. The van der Waals surface area contributed by atoms with Crippen LogP contribution in [0.15, 0.2) is 47.8 Å². The normalized spacial score (nSPS) is 16.1. The summed E-state index contributed by atoms with van der Waals surface area (Å²) < 4.78 is 43.6. The molecule has 0 unspecified atom stereocenters. The van der Waals surface area contributed by atoms with E-state index in [-0.39, 0.29) is 30.3 Å². The number of pyridine rings is 2. The standard InChI is InChI=1S/C25H27FN4O3S/c1-25(2,26)15-29-34(32,33)24-20-10-22(17-5-6-17)28-12-18(20)9-19-13-30(14-21(19)24)23(31)8-16-4-3-7-27-11-16/h3-4,7,9-12,17,29H,5-6,8,13-15H2,1-2H3. The number of benzene rings is 1. The lowest BCUT2D eigenvalue weighted by atomic mass is 10.0. The summed E-state index contributed by atoms with van der Waals surface area (Å²) in [5.74, 6) is 0.245. The maximum Gasteiger partial charge on any atom is 0.241 e. The highest BCUT2D eigenvalue weighted by molar-refractivity contribution is 7.89. The number of hydrogen-bond acceptors (Lipinski definition) is 5. The zero-order valence-corrected chi connectivity index (χ0v) is 20.0. The van der Waals surface area contributed by atoms with Crippen LogP contribution >= 0.6 is 0 Å². The van der Waals surface area contributed by atoms with E-state index in [0.717, 1.165) is 29.7 Å². The summed E-state index contributed by atoms with van der Waals surface area (Å²) in [4.78, 5) is 23.4. The SMILES string of the molecule is CC(C)(F)CNS(=O)(=O)c1c2c(cc3cnc(C4CC4)cc13)CN(C(=O)Cc1cccnc1)C2. The molecule has 5 rings (SSSR count). The van der Waals surface area contributed by atoms with E-state index in [1.165, 1.54) is 13.8 Å². The van der Waals surface area contributed by atoms with Crippen LogP contribution in [0.2, 0.25) is 0 Å². The quantitative estimate of drug-likeness (QED) is 0.555. The van der Waals surface area contributed by atoms with Gasteiger partial charge in [-0.2, -0.15) is 0 Å². The Labute approximate surface area is 198 Å². The van der Waals surface area contributed by atoms with E-state index in [2.05, 4.69) is 14.7 Å². The number of carbonyl (C=O) groups excluding carboxylic acids is 1. The van der Waals surface area contributed by atoms with Crippen LogP contribution in [-0.4, -0.2) is 41.4 Å². The van der Waals surface area contributed by atoms with E-state index in [1.54, 1.807) is 29.6 Å². The van der Waals surface area contributed by atoms with Crippen LogP contribution in [-0.2, 0) is 34.3 Å². The smallest absolute Gasteiger partial charge is 0.241 e. The van der Waals surface area contributed by atoms with Gasteiger partial charge in [-0.15, -0.1) is 0 Å². The van der Waals surface area contributed by atoms with Gasteiger partial charge in [-0.05, 0) is 61.6 Å². The van der Waals surface area contributed by atoms with Crippen molar-refractivity contribution in [1.82, 2.24) is 19.6 Å². The number of rotatable bonds is 7. The number of carbonyl (C=O) groups is 1. The Morgan fingerprint density at radius 1 is 1.24 bits per heavy atom. The van der Waals surface area contributed by atoms with Gasteiger partial charge >= 0.3 is 0 Å². The van der Waals surface area contributed by atoms with E-state index in [0.29, 0.717) is 28.8 Å². The van der Waals surface area contributed by atoms with Crippen LogP contribution in [0.25, 0.3) is 10.8 Å². The third-order valence-corrected chi connectivity index (χ3v) is 7.81. The minimum Gasteiger partial charge on any atom is -0.334 e. The van der Waals surface area contributed by atoms with Crippen molar-refractivity contribution < 1.29 is 17.6 Å². The number of nitrogens with zero attached hydrogens (tertiary/aromatic N) is 3. The molecule has 3 aromatic rings. The highest BCUT2D eigenvalue weighted by Crippen LogP contribution is 2.42. The van der Waals surface area contributed by atoms with E-state index < -0.39 is 15.7 Å². The lowest BCUT2D eigenvalue weighted by Gasteiger charge is -2.18. The number of nitrogens with one attached hydrogen (secondary N) is 1. The number of sulfonamides is 1. The molecule has 3 heterocycles. The second-order valence-electron chi connectivity index (χ2n) is 9.78. The van der Waals surface area contributed by atoms with Crippen molar-refractivity contribution in [3.8, 4) is 0 Å². The van der Waals surface area contributed by atoms with Crippen LogP contribution in [0.4, 0.5) is 4.39 Å². The number of alkyl halides is 1. The number of halogens is 1. The Bertz CT molecular complexity index is 1370. The lowest BCUT2D eigenvalue weighted by molar-refractivity contribution is -0.131. The highest BCUT2D eigenvalue weighted by atomic mass is 32.2. The predicted octanol–water partition coefficient (Wildman–Crippen LogP) is 3.62. The molecule has 178 valence electrons. The maximum absolute atomic E-state index is 14.2. The van der Waals surface area contributed by atoms with Gasteiger partial charge in [-0.3, -0.25) is 14.8 Å². The van der Waals surface area contributed by atoms with Crippen molar-refractivity contribution in [1.29, 1.82) is 0 Å². The first-order valence-electron chi connectivity index (χ1n) is 11.4. The first-order valence-corrected chi connectivity index (χ1v) is 12.9. The Balaban J connectivity index is 1.55. The first kappa shape index (κ1) is 22.9. The van der Waals surface area contributed by atoms with Gasteiger partial charge in [-0.1, -0.05) is 6.07 Å². The van der Waals surface area contributed by atoms with Gasteiger partial charge in [0, 0.05) is 60.6 Å². The minimum atomic E-state index is -4.04. The molecule has 2 aliphatic rings. The molecule has 9 heteroatoms. The summed E-state index contributed by atoms with van der Waals surface area (Å²) in [5, 5.41) is 1.27. The number of amides is 1. The van der Waals surface area contributed by atoms with Crippen LogP contribution in [0, 0.1) is 0 Å². The molecule has 1 saturated carbocycles. The fraction of sp³-hybridized carbons (Fsp3) is 0.400. The summed E-state index contributed by atoms with van der Waals surface area (Å²) in [6.07, 6.45) is 7.27. The average Bonchev–Trinajstić information content (AvgIpc) is 3.55. The Morgan fingerprint density at radius 3 is 2.71 bits per heavy atom. The van der Waals surface area contributed by atoms with Gasteiger partial charge in [0.25, 0.3) is 0 Å². The topological polar surface area (TPSA) is 92.3 Å². The highest BCUT2D eigenvalue weighted by Gasteiger charge is 2.34. The second kappa shape index (κ2) is 8.39. The van der Waals surface area contributed by atoms with Gasteiger partial charge in [-0.25, -0.2) is 17.5 Å². The van der Waals surface area contributed by atoms with Crippen molar-refractivity contribution in [3.63, 3.8) is 0 Å². The fourth-order valence-electron chi connectivity index (χ4n) is 4.36. The molecule has 1 amide bonds. The Kier molecular flexibility index (Phi) is 5.64. The van der Waals surface area contributed by atoms with Crippen molar-refractivity contribution in [3.05, 3.63) is 65.2 Å². The van der Waals surface area contributed by atoms with Crippen LogP contribution in [0.3, 0.4) is 0 Å². The zero-order valence-electron chi connectivity index (χ0n) is 19.2. The largest absolute Gasteiger partial charge is 0.334 e. The minimum absolute atomic E-state index is 0.105. The van der Waals surface area contributed by atoms with Crippen molar-refractivity contribution in [2.45, 2.75) is 62.7 Å². The predicted molar refractivity (Wildman–Crippen MR) is 126 cm³/mol. The maximum atomic E-state index is 14.2. The Morgan fingerprint density at radius 2 is 2.03 bits per heavy atom. The van der Waals surface area contributed by atoms with Gasteiger partial charge < -0.3 is 4.90 Å². The summed E-state index contributed by atoms with van der Waals surface area (Å²) in [7, 11) is -4.04. The summed E-state index contributed by atoms with van der Waals surface area (Å²) in [5.41, 5.74) is 1.33. The van der Waals surface area contributed by atoms with E-state index in [4.69, 9.17) is 0 Å². The molecule has 0 bridgehead atoms. The van der Waals surface area contributed by atoms with Crippen LogP contribution in [0.1, 0.15) is 55.0 Å². The molecule has 7 nitrogen and oxygen atoms in total. The van der Waals surface area contributed by atoms with Crippen molar-refractivity contribution in [2.75, 3.05) is 6.54 Å². The third-order valence-electron chi connectivity index (χ3n) is 6.28. The molecule has 34 heavy (non-hydrogen) atoms. The molecular weight excluding hydrogens is 455 g/mol. The molecular formula is C25H27FN4O3S. The molecule has 1 aromatic carbocycles. The van der Waals surface area contributed by atoms with E-state index in [9.17, 15) is 17.6 Å². The molecule has 1 fully saturated rings. The average molecular weight is 483 g/mol. The van der Waals surface area contributed by atoms with Gasteiger partial charge in [0.1, 0.15) is 5.67 Å². The van der Waals surface area contributed by atoms with E-state index >= 15 is 0 Å². The van der Waals surface area contributed by atoms with Crippen LogP contribution in [0.5, 0.6) is 0 Å². The first-order chi connectivity index (χ1) is 16.1. The Hall–Kier alpha value is -2.91. The molecule has 1 N–H and O–H groups in total. The molecule has 0 radical (unpaired) electrons. The molecule has 2 aromatic heterocycles. The van der Waals surface area contributed by atoms with Crippen molar-refractivity contribution in [2.24, 2.45) is 0 Å². The van der Waals surface area contributed by atoms with E-state index in [1.807, 2.05) is 18.2 Å². The monoisotopic (exact) mass is 482 g/mol. The molecule has 0 spiro atoms. The summed E-state index contributed by atoms with van der Waals surface area (Å²) >= 11 is 0. The number of fused-ring (bicyclic) bond motifs is 2. The zero-order chi connectivity index (χ0) is 24.1. The molecule has 0 atom stereocenters. The summed E-state index contributed by atoms with van der Waals surface area (Å²) in [6.45, 7) is 2.81.